The lowest BCUT2D eigenvalue weighted by Gasteiger charge is -2.30. The van der Waals surface area contributed by atoms with Gasteiger partial charge in [-0.25, -0.2) is 0 Å². The van der Waals surface area contributed by atoms with E-state index in [-0.39, 0.29) is 5.91 Å². The number of hydrogen-bond donors (Lipinski definition) is 0. The number of anilines is 1. The third-order valence-electron chi connectivity index (χ3n) is 5.32. The van der Waals surface area contributed by atoms with Gasteiger partial charge in [0.25, 0.3) is 5.91 Å². The number of benzene rings is 2. The Morgan fingerprint density at radius 2 is 1.90 bits per heavy atom. The lowest BCUT2D eigenvalue weighted by Crippen LogP contribution is -2.35. The maximum absolute atomic E-state index is 13.1. The normalized spacial score (nSPS) is 13.1. The Bertz CT molecular complexity index is 1000. The van der Waals surface area contributed by atoms with Gasteiger partial charge in [-0.15, -0.1) is 0 Å². The predicted octanol–water partition coefficient (Wildman–Crippen LogP) is 4.47. The maximum Gasteiger partial charge on any atom is 0.258 e. The molecule has 3 aromatic rings. The zero-order chi connectivity index (χ0) is 20.4. The van der Waals surface area contributed by atoms with Crippen molar-refractivity contribution in [3.63, 3.8) is 0 Å². The van der Waals surface area contributed by atoms with E-state index in [0.717, 1.165) is 46.9 Å². The molecule has 0 bridgehead atoms. The largest absolute Gasteiger partial charge is 0.497 e. The number of ether oxygens (including phenoxy) is 2. The fraction of sp³-hybridized carbons (Fsp3) is 0.304. The molecule has 4 rings (SSSR count). The molecule has 0 saturated heterocycles. The summed E-state index contributed by atoms with van der Waals surface area (Å²) >= 11 is 0. The summed E-state index contributed by atoms with van der Waals surface area (Å²) in [4.78, 5) is 14.9. The number of fused-ring (bicyclic) bond motifs is 1. The third-order valence-corrected chi connectivity index (χ3v) is 5.32. The number of aryl methyl sites for hydroxylation is 3. The molecule has 6 nitrogen and oxygen atoms in total. The summed E-state index contributed by atoms with van der Waals surface area (Å²) < 4.78 is 16.3. The molecule has 1 aliphatic rings. The molecular weight excluding hydrogens is 368 g/mol. The smallest absolute Gasteiger partial charge is 0.258 e. The van der Waals surface area contributed by atoms with Gasteiger partial charge in [-0.3, -0.25) is 4.79 Å². The van der Waals surface area contributed by atoms with Crippen LogP contribution in [-0.2, 0) is 13.0 Å². The molecule has 1 aromatic heterocycles. The molecule has 29 heavy (non-hydrogen) atoms. The summed E-state index contributed by atoms with van der Waals surface area (Å²) in [6.07, 6.45) is 1.88. The molecule has 150 valence electrons. The van der Waals surface area contributed by atoms with Crippen molar-refractivity contribution in [2.24, 2.45) is 0 Å². The highest BCUT2D eigenvalue weighted by Crippen LogP contribution is 2.31. The van der Waals surface area contributed by atoms with Gasteiger partial charge in [0.05, 0.1) is 18.4 Å². The summed E-state index contributed by atoms with van der Waals surface area (Å²) in [7, 11) is 1.66. The summed E-state index contributed by atoms with van der Waals surface area (Å²) in [5.74, 6) is 2.27. The fourth-order valence-electron chi connectivity index (χ4n) is 3.62. The molecule has 0 aliphatic carbocycles. The minimum Gasteiger partial charge on any atom is -0.497 e. The van der Waals surface area contributed by atoms with Gasteiger partial charge in [0.15, 0.2) is 0 Å². The number of hydrogen-bond acceptors (Lipinski definition) is 5. The van der Waals surface area contributed by atoms with Gasteiger partial charge in [0.1, 0.15) is 23.9 Å². The van der Waals surface area contributed by atoms with Crippen LogP contribution in [0.2, 0.25) is 0 Å². The Morgan fingerprint density at radius 3 is 2.59 bits per heavy atom. The Hall–Kier alpha value is -3.28. The molecule has 0 unspecified atom stereocenters. The second-order valence-corrected chi connectivity index (χ2v) is 7.17. The van der Waals surface area contributed by atoms with Crippen LogP contribution in [0.1, 0.15) is 39.4 Å². The summed E-state index contributed by atoms with van der Waals surface area (Å²) in [5.41, 5.74) is 4.52. The van der Waals surface area contributed by atoms with Crippen molar-refractivity contribution in [3.8, 4) is 11.5 Å². The highest BCUT2D eigenvalue weighted by atomic mass is 16.5. The minimum absolute atomic E-state index is 0.00612. The highest BCUT2D eigenvalue weighted by Gasteiger charge is 2.24. The van der Waals surface area contributed by atoms with E-state index in [1.54, 1.807) is 7.11 Å². The van der Waals surface area contributed by atoms with Gasteiger partial charge in [-0.05, 0) is 74.7 Å². The van der Waals surface area contributed by atoms with Crippen LogP contribution < -0.4 is 14.4 Å². The van der Waals surface area contributed by atoms with Crippen molar-refractivity contribution in [1.29, 1.82) is 0 Å². The summed E-state index contributed by atoms with van der Waals surface area (Å²) in [5, 5.41) is 3.93. The molecule has 2 heterocycles. The van der Waals surface area contributed by atoms with E-state index >= 15 is 0 Å². The zero-order valence-corrected chi connectivity index (χ0v) is 16.9. The van der Waals surface area contributed by atoms with Gasteiger partial charge in [0, 0.05) is 17.8 Å². The van der Waals surface area contributed by atoms with E-state index < -0.39 is 0 Å². The molecule has 0 saturated carbocycles. The zero-order valence-electron chi connectivity index (χ0n) is 16.9. The standard InChI is InChI=1S/C23H24N2O4/c1-15-21(16(2)29-24-15)14-28-19-8-6-17(7-9-19)23(26)25-12-4-5-18-13-20(27-3)10-11-22(18)25/h6-11,13H,4-5,12,14H2,1-3H3. The molecule has 6 heteroatoms. The Morgan fingerprint density at radius 1 is 1.14 bits per heavy atom. The second kappa shape index (κ2) is 7.99. The molecule has 1 amide bonds. The average molecular weight is 392 g/mol. The minimum atomic E-state index is -0.00612. The van der Waals surface area contributed by atoms with Crippen LogP contribution in [0.5, 0.6) is 11.5 Å². The van der Waals surface area contributed by atoms with Crippen molar-refractivity contribution < 1.29 is 18.8 Å². The number of carbonyl (C=O) groups is 1. The van der Waals surface area contributed by atoms with Crippen molar-refractivity contribution in [2.75, 3.05) is 18.6 Å². The van der Waals surface area contributed by atoms with Crippen molar-refractivity contribution >= 4 is 11.6 Å². The van der Waals surface area contributed by atoms with Crippen LogP contribution in [-0.4, -0.2) is 24.7 Å². The van der Waals surface area contributed by atoms with E-state index in [4.69, 9.17) is 14.0 Å². The first-order chi connectivity index (χ1) is 14.1. The molecule has 0 spiro atoms. The van der Waals surface area contributed by atoms with E-state index in [2.05, 4.69) is 5.16 Å². The predicted molar refractivity (Wildman–Crippen MR) is 110 cm³/mol. The molecule has 0 fully saturated rings. The van der Waals surface area contributed by atoms with Crippen LogP contribution in [0.4, 0.5) is 5.69 Å². The maximum atomic E-state index is 13.1. The lowest BCUT2D eigenvalue weighted by atomic mass is 10.0. The molecule has 0 N–H and O–H groups in total. The quantitative estimate of drug-likeness (QED) is 0.641. The van der Waals surface area contributed by atoms with Crippen LogP contribution >= 0.6 is 0 Å². The fourth-order valence-corrected chi connectivity index (χ4v) is 3.62. The summed E-state index contributed by atoms with van der Waals surface area (Å²) in [6, 6.07) is 13.1. The number of amides is 1. The van der Waals surface area contributed by atoms with Crippen LogP contribution in [0.25, 0.3) is 0 Å². The molecule has 0 atom stereocenters. The molecule has 1 aliphatic heterocycles. The van der Waals surface area contributed by atoms with Gasteiger partial charge < -0.3 is 18.9 Å². The average Bonchev–Trinajstić information content (AvgIpc) is 3.08. The lowest BCUT2D eigenvalue weighted by molar-refractivity contribution is 0.0985. The topological polar surface area (TPSA) is 64.8 Å². The molecule has 0 radical (unpaired) electrons. The third kappa shape index (κ3) is 3.83. The van der Waals surface area contributed by atoms with E-state index in [9.17, 15) is 4.79 Å². The van der Waals surface area contributed by atoms with Crippen molar-refractivity contribution in [3.05, 3.63) is 70.6 Å². The van der Waals surface area contributed by atoms with Gasteiger partial charge in [-0.2, -0.15) is 0 Å². The van der Waals surface area contributed by atoms with Gasteiger partial charge >= 0.3 is 0 Å². The van der Waals surface area contributed by atoms with Gasteiger partial charge in [-0.1, -0.05) is 5.16 Å². The second-order valence-electron chi connectivity index (χ2n) is 7.17. The van der Waals surface area contributed by atoms with Crippen LogP contribution in [0.3, 0.4) is 0 Å². The molecule has 2 aromatic carbocycles. The number of rotatable bonds is 5. The van der Waals surface area contributed by atoms with E-state index in [1.807, 2.05) is 61.2 Å². The van der Waals surface area contributed by atoms with E-state index in [0.29, 0.717) is 24.5 Å². The number of carbonyl (C=O) groups excluding carboxylic acids is 1. The molecular formula is C23H24N2O4. The number of methoxy groups -OCH3 is 1. The number of aromatic nitrogens is 1. The first-order valence-corrected chi connectivity index (χ1v) is 9.70. The van der Waals surface area contributed by atoms with Crippen molar-refractivity contribution in [1.82, 2.24) is 5.16 Å². The van der Waals surface area contributed by atoms with Gasteiger partial charge in [0.2, 0.25) is 0 Å². The Labute approximate surface area is 170 Å². The SMILES string of the molecule is COc1ccc2c(c1)CCCN2C(=O)c1ccc(OCc2c(C)noc2C)cc1. The van der Waals surface area contributed by atoms with Crippen molar-refractivity contribution in [2.45, 2.75) is 33.3 Å². The van der Waals surface area contributed by atoms with Crippen LogP contribution in [0, 0.1) is 13.8 Å². The Kier molecular flexibility index (Phi) is 5.25. The first-order valence-electron chi connectivity index (χ1n) is 9.70. The first kappa shape index (κ1) is 19.1. The monoisotopic (exact) mass is 392 g/mol. The summed E-state index contributed by atoms with van der Waals surface area (Å²) in [6.45, 7) is 4.85. The number of nitrogens with zero attached hydrogens (tertiary/aromatic N) is 2. The Balaban J connectivity index is 1.48. The highest BCUT2D eigenvalue weighted by molar-refractivity contribution is 6.06. The van der Waals surface area contributed by atoms with Crippen LogP contribution in [0.15, 0.2) is 47.0 Å². The van der Waals surface area contributed by atoms with E-state index in [1.165, 1.54) is 0 Å².